The molecule has 8 aromatic carbocycles. The molecule has 137 heavy (non-hydrogen) atoms. The Labute approximate surface area is 823 Å². The quantitative estimate of drug-likeness (QED) is 0.0346. The zero-order valence-corrected chi connectivity index (χ0v) is 87.8. The van der Waals surface area contributed by atoms with Crippen molar-refractivity contribution in [1.29, 1.82) is 0 Å². The first-order chi connectivity index (χ1) is 65.2. The van der Waals surface area contributed by atoms with Crippen LogP contribution in [0.5, 0.6) is 0 Å². The molecule has 768 valence electrons. The second-order valence-electron chi connectivity index (χ2n) is 40.1. The van der Waals surface area contributed by atoms with Crippen LogP contribution in [0.15, 0.2) is 170 Å². The summed E-state index contributed by atoms with van der Waals surface area (Å²) in [5.41, 5.74) is 24.2. The van der Waals surface area contributed by atoms with Crippen molar-refractivity contribution in [3.05, 3.63) is 243 Å². The summed E-state index contributed by atoms with van der Waals surface area (Å²) < 4.78 is 137. The molecular weight excluding hydrogens is 1740 g/mol. The van der Waals surface area contributed by atoms with E-state index in [1.54, 1.807) is 18.2 Å². The summed E-state index contributed by atoms with van der Waals surface area (Å²) in [5, 5.41) is 0. The Balaban J connectivity index is 0.000000324. The van der Waals surface area contributed by atoms with Gasteiger partial charge in [0, 0.05) is 93.9 Å². The first-order valence-electron chi connectivity index (χ1n) is 51.8. The highest BCUT2D eigenvalue weighted by Gasteiger charge is 2.37. The lowest BCUT2D eigenvalue weighted by Gasteiger charge is -2.30. The van der Waals surface area contributed by atoms with Crippen molar-refractivity contribution < 1.29 is 58.5 Å². The van der Waals surface area contributed by atoms with Crippen LogP contribution in [0.4, 0.5) is 79.3 Å². The summed E-state index contributed by atoms with van der Waals surface area (Å²) in [6.07, 6.45) is 15.3. The van der Waals surface area contributed by atoms with Crippen molar-refractivity contribution >= 4 is 39.8 Å². The van der Waals surface area contributed by atoms with Gasteiger partial charge in [-0.25, -0.2) is 13.2 Å². The van der Waals surface area contributed by atoms with Gasteiger partial charge in [0.15, 0.2) is 0 Å². The number of halogens is 9. The van der Waals surface area contributed by atoms with E-state index in [1.165, 1.54) is 149 Å². The third-order valence-electron chi connectivity index (χ3n) is 24.4. The van der Waals surface area contributed by atoms with E-state index in [9.17, 15) is 39.5 Å². The highest BCUT2D eigenvalue weighted by Crippen LogP contribution is 2.38. The molecule has 0 aromatic heterocycles. The van der Waals surface area contributed by atoms with E-state index in [-0.39, 0.29) is 34.8 Å². The van der Waals surface area contributed by atoms with Crippen molar-refractivity contribution in [2.45, 2.75) is 292 Å². The Hall–Kier alpha value is -8.43. The predicted molar refractivity (Wildman–Crippen MR) is 566 cm³/mol. The number of hydrogen-bond donors (Lipinski definition) is 2. The molecule has 20 heteroatoms. The van der Waals surface area contributed by atoms with E-state index in [4.69, 9.17) is 30.4 Å². The van der Waals surface area contributed by atoms with E-state index in [0.29, 0.717) is 36.7 Å². The topological polar surface area (TPSA) is 105 Å². The molecule has 0 radical (unpaired) electrons. The number of unbranched alkanes of at least 4 members (excludes halogenated alkanes) is 2. The number of aryl methyl sites for hydroxylation is 7. The SMILES string of the molecule is CC(C)CCc1ccc(N)c(F)c1.CC(C)CCc1ccc(N)cc1.CC(C)CCc1ccc(N2CCCCC2)cc1F.CC(C)CCc1ccc(N2CCOCC2)c(F)c1.CC(C)CCc1ccc(N2CCOCC2)cc1.CC(C)CCc1cccc(N2CCOCC2)c1.CC(C)CCc1ccccc1N1CCOCC1.CC(C)c1cc(C(F)(F)F)cc(C(F)(F)F)c1.CCCC.CCCC. The van der Waals surface area contributed by atoms with Gasteiger partial charge in [-0.3, -0.25) is 0 Å². The lowest BCUT2D eigenvalue weighted by molar-refractivity contribution is -0.143. The maximum atomic E-state index is 14.1. The van der Waals surface area contributed by atoms with Crippen LogP contribution < -0.4 is 36.0 Å². The number of benzene rings is 8. The molecule has 0 atom stereocenters. The molecule has 13 rings (SSSR count). The maximum Gasteiger partial charge on any atom is 0.416 e. The Morgan fingerprint density at radius 1 is 0.285 bits per heavy atom. The number of alkyl halides is 6. The van der Waals surface area contributed by atoms with E-state index in [1.807, 2.05) is 30.3 Å². The molecule has 5 fully saturated rings. The molecule has 0 amide bonds. The van der Waals surface area contributed by atoms with Crippen molar-refractivity contribution in [3.8, 4) is 0 Å². The predicted octanol–water partition coefficient (Wildman–Crippen LogP) is 31.3. The minimum absolute atomic E-state index is 0.0205. The van der Waals surface area contributed by atoms with Crippen LogP contribution in [0.3, 0.4) is 0 Å². The van der Waals surface area contributed by atoms with Gasteiger partial charge in [-0.15, -0.1) is 0 Å². The van der Waals surface area contributed by atoms with Crippen LogP contribution in [0, 0.1) is 58.9 Å². The van der Waals surface area contributed by atoms with Crippen LogP contribution in [-0.4, -0.2) is 118 Å². The lowest BCUT2D eigenvalue weighted by atomic mass is 9.97. The molecular formula is C117H178F9N7O4. The summed E-state index contributed by atoms with van der Waals surface area (Å²) in [6, 6.07) is 53.1. The molecule has 0 unspecified atom stereocenters. The Kier molecular flexibility index (Phi) is 59.8. The monoisotopic (exact) mass is 1920 g/mol. The average molecular weight is 1920 g/mol. The van der Waals surface area contributed by atoms with Gasteiger partial charge in [-0.2, -0.15) is 26.3 Å². The van der Waals surface area contributed by atoms with Crippen molar-refractivity contribution in [1.82, 2.24) is 0 Å². The van der Waals surface area contributed by atoms with Crippen LogP contribution in [0.1, 0.15) is 290 Å². The largest absolute Gasteiger partial charge is 0.416 e. The second-order valence-corrected chi connectivity index (χ2v) is 40.1. The standard InChI is InChI=1S/C16H24FN.C15H22FNO.3C15H23NO.C11H10F6.C11H16FN.C11H17N.2C4H10/c1-13(2)6-7-14-8-9-15(12-16(14)17)18-10-4-3-5-11-18;1-12(2)3-4-13-5-6-15(14(16)11-13)17-7-9-18-10-8-17;1-13(2)3-4-14-5-7-15(8-6-14)16-9-11-17-12-10-16;1-13(2)6-7-14-4-3-5-15(12-14)16-8-10-17-11-9-16;1-13(2)7-8-14-5-3-4-6-15(14)16-9-11-17-12-10-16;1-6(2)7-3-8(10(12,13)14)5-9(4-7)11(15,16)17;1-8(2)3-4-9-5-6-11(13)10(12)7-9;1-9(2)3-4-10-5-7-11(12)8-6-10;2*1-3-4-2/h8-9,12-13H,3-7,10-11H2,1-2H3;5-6,11-12H,3-4,7-10H2,1-2H3;5-8,13H,3-4,9-12H2,1-2H3;3-5,12-13H,6-11H2,1-2H3;3-6,13H,7-12H2,1-2H3;3-6H,1-2H3;5-8H,3-4,13H2,1-2H3;5-9H,3-4,12H2,1-2H3;2*3-4H2,1-2H3. The summed E-state index contributed by atoms with van der Waals surface area (Å²) >= 11 is 0. The summed E-state index contributed by atoms with van der Waals surface area (Å²) in [6.45, 7) is 59.4. The highest BCUT2D eigenvalue weighted by molar-refractivity contribution is 5.55. The Morgan fingerprint density at radius 3 is 1.03 bits per heavy atom. The fourth-order valence-electron chi connectivity index (χ4n) is 15.0. The number of hydrogen-bond acceptors (Lipinski definition) is 11. The average Bonchev–Trinajstić information content (AvgIpc) is 0.802. The number of nitrogen functional groups attached to an aromatic ring is 2. The van der Waals surface area contributed by atoms with E-state index in [0.717, 1.165) is 214 Å². The normalized spacial score (nSPS) is 14.5. The first-order valence-corrected chi connectivity index (χ1v) is 51.8. The smallest absolute Gasteiger partial charge is 0.399 e. The molecule has 5 aliphatic heterocycles. The van der Waals surface area contributed by atoms with Crippen molar-refractivity contribution in [3.63, 3.8) is 0 Å². The number of ether oxygens (including phenoxy) is 4. The summed E-state index contributed by atoms with van der Waals surface area (Å²) in [5.74, 6) is 4.22. The highest BCUT2D eigenvalue weighted by atomic mass is 19.4. The van der Waals surface area contributed by atoms with Crippen molar-refractivity contribution in [2.24, 2.45) is 41.4 Å². The van der Waals surface area contributed by atoms with E-state index in [2.05, 4.69) is 246 Å². The van der Waals surface area contributed by atoms with Crippen LogP contribution in [0.25, 0.3) is 0 Å². The molecule has 0 saturated carbocycles. The summed E-state index contributed by atoms with van der Waals surface area (Å²) in [4.78, 5) is 11.6. The fourth-order valence-corrected chi connectivity index (χ4v) is 15.0. The second kappa shape index (κ2) is 67.8. The number of para-hydroxylation sites is 1. The number of piperidine rings is 1. The minimum Gasteiger partial charge on any atom is -0.399 e. The van der Waals surface area contributed by atoms with Gasteiger partial charge in [-0.05, 0) is 298 Å². The number of morpholine rings is 4. The van der Waals surface area contributed by atoms with Crippen LogP contribution in [0.2, 0.25) is 0 Å². The summed E-state index contributed by atoms with van der Waals surface area (Å²) in [7, 11) is 0. The molecule has 5 aliphatic rings. The molecule has 5 saturated heterocycles. The molecule has 11 nitrogen and oxygen atoms in total. The van der Waals surface area contributed by atoms with Gasteiger partial charge >= 0.3 is 12.4 Å². The maximum absolute atomic E-state index is 14.1. The van der Waals surface area contributed by atoms with E-state index >= 15 is 0 Å². The molecule has 0 bridgehead atoms. The minimum atomic E-state index is -4.77. The Morgan fingerprint density at radius 2 is 0.628 bits per heavy atom. The Bertz CT molecular complexity index is 4390. The third kappa shape index (κ3) is 52.1. The number of nitrogens with zero attached hydrogens (tertiary/aromatic N) is 5. The fraction of sp³-hybridized carbons (Fsp3) is 0.590. The first kappa shape index (κ1) is 121. The van der Waals surface area contributed by atoms with Gasteiger partial charge in [0.25, 0.3) is 0 Å². The van der Waals surface area contributed by atoms with Gasteiger partial charge in [0.2, 0.25) is 0 Å². The number of anilines is 7. The zero-order valence-electron chi connectivity index (χ0n) is 87.8. The van der Waals surface area contributed by atoms with Gasteiger partial charge in [0.1, 0.15) is 17.5 Å². The molecule has 8 aromatic rings. The molecule has 5 heterocycles. The molecule has 0 spiro atoms. The number of rotatable bonds is 29. The molecule has 0 aliphatic carbocycles. The van der Waals surface area contributed by atoms with Crippen molar-refractivity contribution in [2.75, 3.05) is 154 Å². The number of nitrogens with two attached hydrogens (primary N) is 2. The zero-order chi connectivity index (χ0) is 101. The van der Waals surface area contributed by atoms with Gasteiger partial charge in [0.05, 0.1) is 75.4 Å². The van der Waals surface area contributed by atoms with E-state index < -0.39 is 29.4 Å². The third-order valence-corrected chi connectivity index (χ3v) is 24.4. The van der Waals surface area contributed by atoms with Gasteiger partial charge < -0.3 is 54.9 Å². The van der Waals surface area contributed by atoms with Crippen LogP contribution >= 0.6 is 0 Å². The molecule has 4 N–H and O–H groups in total. The lowest BCUT2D eigenvalue weighted by Crippen LogP contribution is -2.36. The van der Waals surface area contributed by atoms with Gasteiger partial charge in [-0.1, -0.05) is 237 Å². The van der Waals surface area contributed by atoms with Crippen LogP contribution in [-0.2, 0) is 76.2 Å².